The molecule has 4 rings (SSSR count). The number of phenols is 2. The minimum Gasteiger partial charge on any atom is -0.508 e. The highest BCUT2D eigenvalue weighted by molar-refractivity contribution is 5.37. The van der Waals surface area contributed by atoms with E-state index in [1.807, 2.05) is 24.3 Å². The fourth-order valence-electron chi connectivity index (χ4n) is 4.38. The van der Waals surface area contributed by atoms with Crippen molar-refractivity contribution in [2.45, 2.75) is 38.3 Å². The van der Waals surface area contributed by atoms with Crippen molar-refractivity contribution in [2.75, 3.05) is 0 Å². The molecule has 0 aromatic heterocycles. The van der Waals surface area contributed by atoms with Crippen LogP contribution in [0.3, 0.4) is 0 Å². The summed E-state index contributed by atoms with van der Waals surface area (Å²) in [6, 6.07) is 13.9. The van der Waals surface area contributed by atoms with Gasteiger partial charge in [-0.3, -0.25) is 0 Å². The normalized spacial score (nSPS) is 25.8. The summed E-state index contributed by atoms with van der Waals surface area (Å²) in [6.07, 6.45) is 4.73. The zero-order chi connectivity index (χ0) is 15.8. The molecule has 2 aromatic carbocycles. The van der Waals surface area contributed by atoms with Crippen molar-refractivity contribution in [1.82, 2.24) is 5.32 Å². The average molecular weight is 309 g/mol. The number of fused-ring (bicyclic) bond motifs is 3. The Morgan fingerprint density at radius 1 is 0.826 bits per heavy atom. The van der Waals surface area contributed by atoms with Crippen LogP contribution in [0.25, 0.3) is 0 Å². The van der Waals surface area contributed by atoms with Crippen LogP contribution in [0.4, 0.5) is 0 Å². The Kier molecular flexibility index (Phi) is 3.74. The third-order valence-corrected chi connectivity index (χ3v) is 5.56. The molecule has 3 nitrogen and oxygen atoms in total. The molecule has 2 aromatic rings. The van der Waals surface area contributed by atoms with Gasteiger partial charge in [0.1, 0.15) is 11.5 Å². The summed E-state index contributed by atoms with van der Waals surface area (Å²) in [5.74, 6) is 2.04. The standard InChI is InChI=1S/C20H23NO2/c22-18-6-1-13(2-7-18)12-21-20-15-3-4-16(20)10-17-11-19(23)8-5-14(17)9-15/h1-2,5-8,11,15-16,20-23H,3-4,9-10,12H2. The maximum atomic E-state index is 9.75. The van der Waals surface area contributed by atoms with Crippen molar-refractivity contribution in [3.05, 3.63) is 59.2 Å². The third-order valence-electron chi connectivity index (χ3n) is 5.56. The highest BCUT2D eigenvalue weighted by Crippen LogP contribution is 2.40. The van der Waals surface area contributed by atoms with Crippen LogP contribution in [0.5, 0.6) is 11.5 Å². The number of hydrogen-bond acceptors (Lipinski definition) is 3. The van der Waals surface area contributed by atoms with Crippen molar-refractivity contribution < 1.29 is 10.2 Å². The first-order chi connectivity index (χ1) is 11.2. The van der Waals surface area contributed by atoms with E-state index in [9.17, 15) is 10.2 Å². The van der Waals surface area contributed by atoms with Gasteiger partial charge in [0.05, 0.1) is 0 Å². The second kappa shape index (κ2) is 5.89. The van der Waals surface area contributed by atoms with Crippen LogP contribution in [0.15, 0.2) is 42.5 Å². The van der Waals surface area contributed by atoms with Crippen LogP contribution in [-0.4, -0.2) is 16.3 Å². The molecule has 1 fully saturated rings. The first kappa shape index (κ1) is 14.6. The smallest absolute Gasteiger partial charge is 0.115 e. The third kappa shape index (κ3) is 2.93. The summed E-state index contributed by atoms with van der Waals surface area (Å²) >= 11 is 0. The van der Waals surface area contributed by atoms with Crippen LogP contribution in [-0.2, 0) is 19.4 Å². The summed E-state index contributed by atoms with van der Waals surface area (Å²) in [5.41, 5.74) is 3.95. The summed E-state index contributed by atoms with van der Waals surface area (Å²) in [6.45, 7) is 0.847. The van der Waals surface area contributed by atoms with E-state index in [-0.39, 0.29) is 0 Å². The van der Waals surface area contributed by atoms with Crippen LogP contribution in [0.1, 0.15) is 29.5 Å². The number of benzene rings is 2. The van der Waals surface area contributed by atoms with Gasteiger partial charge in [-0.2, -0.15) is 0 Å². The molecule has 0 aliphatic heterocycles. The summed E-state index contributed by atoms with van der Waals surface area (Å²) in [5, 5.41) is 22.9. The number of hydrogen-bond donors (Lipinski definition) is 3. The van der Waals surface area contributed by atoms with E-state index in [1.165, 1.54) is 29.5 Å². The molecule has 0 spiro atoms. The molecule has 3 unspecified atom stereocenters. The Labute approximate surface area is 137 Å². The van der Waals surface area contributed by atoms with Crippen molar-refractivity contribution in [3.8, 4) is 11.5 Å². The number of aromatic hydroxyl groups is 2. The first-order valence-corrected chi connectivity index (χ1v) is 8.51. The molecule has 0 radical (unpaired) electrons. The van der Waals surface area contributed by atoms with Gasteiger partial charge in [0, 0.05) is 12.6 Å². The Morgan fingerprint density at radius 2 is 1.48 bits per heavy atom. The topological polar surface area (TPSA) is 52.5 Å². The predicted molar refractivity (Wildman–Crippen MR) is 90.5 cm³/mol. The quantitative estimate of drug-likeness (QED) is 0.814. The molecule has 3 N–H and O–H groups in total. The van der Waals surface area contributed by atoms with E-state index >= 15 is 0 Å². The van der Waals surface area contributed by atoms with Crippen LogP contribution >= 0.6 is 0 Å². The van der Waals surface area contributed by atoms with Gasteiger partial charge in [-0.05, 0) is 78.5 Å². The Bertz CT molecular complexity index is 695. The molecule has 2 aliphatic rings. The SMILES string of the molecule is Oc1ccc(CNC2C3CCC2Cc2cc(O)ccc2C3)cc1. The maximum absolute atomic E-state index is 9.75. The first-order valence-electron chi connectivity index (χ1n) is 8.51. The molecule has 0 heterocycles. The maximum Gasteiger partial charge on any atom is 0.115 e. The largest absolute Gasteiger partial charge is 0.508 e. The highest BCUT2D eigenvalue weighted by atomic mass is 16.3. The van der Waals surface area contributed by atoms with Gasteiger partial charge in [0.25, 0.3) is 0 Å². The minimum atomic E-state index is 0.318. The second-order valence-corrected chi connectivity index (χ2v) is 7.03. The lowest BCUT2D eigenvalue weighted by Gasteiger charge is -2.24. The molecule has 3 atom stereocenters. The Hall–Kier alpha value is -2.00. The van der Waals surface area contributed by atoms with Crippen molar-refractivity contribution in [2.24, 2.45) is 11.8 Å². The van der Waals surface area contributed by atoms with Gasteiger partial charge in [-0.1, -0.05) is 18.2 Å². The zero-order valence-electron chi connectivity index (χ0n) is 13.2. The van der Waals surface area contributed by atoms with E-state index in [0.29, 0.717) is 29.4 Å². The zero-order valence-corrected chi connectivity index (χ0v) is 13.2. The number of rotatable bonds is 3. The molecule has 1 saturated carbocycles. The van der Waals surface area contributed by atoms with Gasteiger partial charge < -0.3 is 15.5 Å². The van der Waals surface area contributed by atoms with Gasteiger partial charge >= 0.3 is 0 Å². The van der Waals surface area contributed by atoms with Crippen molar-refractivity contribution in [1.29, 1.82) is 0 Å². The molecule has 120 valence electrons. The predicted octanol–water partition coefficient (Wildman–Crippen LogP) is 3.38. The highest BCUT2D eigenvalue weighted by Gasteiger charge is 2.38. The molecular formula is C20H23NO2. The Balaban J connectivity index is 1.49. The molecule has 0 amide bonds. The molecule has 2 bridgehead atoms. The lowest BCUT2D eigenvalue weighted by Crippen LogP contribution is -2.37. The van der Waals surface area contributed by atoms with Crippen LogP contribution < -0.4 is 5.32 Å². The van der Waals surface area contributed by atoms with Crippen LogP contribution in [0, 0.1) is 11.8 Å². The van der Waals surface area contributed by atoms with Crippen LogP contribution in [0.2, 0.25) is 0 Å². The number of nitrogens with one attached hydrogen (secondary N) is 1. The molecular weight excluding hydrogens is 286 g/mol. The summed E-state index contributed by atoms with van der Waals surface area (Å²) in [7, 11) is 0. The fourth-order valence-corrected chi connectivity index (χ4v) is 4.38. The van der Waals surface area contributed by atoms with Crippen molar-refractivity contribution >= 4 is 0 Å². The number of phenolic OH excluding ortho intramolecular Hbond substituents is 2. The molecule has 23 heavy (non-hydrogen) atoms. The summed E-state index contributed by atoms with van der Waals surface area (Å²) in [4.78, 5) is 0. The van der Waals surface area contributed by atoms with E-state index < -0.39 is 0 Å². The molecule has 3 heteroatoms. The molecule has 2 aliphatic carbocycles. The lowest BCUT2D eigenvalue weighted by molar-refractivity contribution is 0.340. The minimum absolute atomic E-state index is 0.318. The fraction of sp³-hybridized carbons (Fsp3) is 0.400. The monoisotopic (exact) mass is 309 g/mol. The van der Waals surface area contributed by atoms with E-state index in [0.717, 1.165) is 19.4 Å². The van der Waals surface area contributed by atoms with Gasteiger partial charge in [-0.15, -0.1) is 0 Å². The Morgan fingerprint density at radius 3 is 2.22 bits per heavy atom. The van der Waals surface area contributed by atoms with E-state index in [4.69, 9.17) is 0 Å². The van der Waals surface area contributed by atoms with Gasteiger partial charge in [-0.25, -0.2) is 0 Å². The van der Waals surface area contributed by atoms with Gasteiger partial charge in [0.15, 0.2) is 0 Å². The summed E-state index contributed by atoms with van der Waals surface area (Å²) < 4.78 is 0. The van der Waals surface area contributed by atoms with E-state index in [1.54, 1.807) is 12.1 Å². The molecule has 0 saturated heterocycles. The second-order valence-electron chi connectivity index (χ2n) is 7.03. The average Bonchev–Trinajstić information content (AvgIpc) is 2.82. The lowest BCUT2D eigenvalue weighted by atomic mass is 9.93. The van der Waals surface area contributed by atoms with Gasteiger partial charge in [0.2, 0.25) is 0 Å². The van der Waals surface area contributed by atoms with Crippen molar-refractivity contribution in [3.63, 3.8) is 0 Å². The van der Waals surface area contributed by atoms with E-state index in [2.05, 4.69) is 11.4 Å².